The van der Waals surface area contributed by atoms with Crippen molar-refractivity contribution in [1.29, 1.82) is 0 Å². The van der Waals surface area contributed by atoms with Crippen LogP contribution in [-0.4, -0.2) is 38.4 Å². The summed E-state index contributed by atoms with van der Waals surface area (Å²) in [5.41, 5.74) is 1.72. The van der Waals surface area contributed by atoms with Crippen molar-refractivity contribution in [3.8, 4) is 0 Å². The molecule has 0 amide bonds. The Labute approximate surface area is 141 Å². The Morgan fingerprint density at radius 3 is 2.78 bits per heavy atom. The van der Waals surface area contributed by atoms with E-state index in [4.69, 9.17) is 4.74 Å². The standard InChI is InChI=1S/C20H32N2O/c1-20(2,13-16-7-4-3-5-8-16)15-22-18-10-6-9-17(18)19-14-23-12-11-21-19/h3-5,7-8,17-19,21-22H,6,9-15H2,1-2H3. The average molecular weight is 316 g/mol. The summed E-state index contributed by atoms with van der Waals surface area (Å²) in [7, 11) is 0. The smallest absolute Gasteiger partial charge is 0.0623 e. The Morgan fingerprint density at radius 2 is 2.04 bits per heavy atom. The first kappa shape index (κ1) is 16.9. The van der Waals surface area contributed by atoms with Crippen LogP contribution in [0.25, 0.3) is 0 Å². The van der Waals surface area contributed by atoms with E-state index in [2.05, 4.69) is 54.8 Å². The molecule has 1 heterocycles. The van der Waals surface area contributed by atoms with Gasteiger partial charge in [0.05, 0.1) is 13.2 Å². The topological polar surface area (TPSA) is 33.3 Å². The van der Waals surface area contributed by atoms with Crippen molar-refractivity contribution in [3.63, 3.8) is 0 Å². The predicted octanol–water partition coefficient (Wildman–Crippen LogP) is 3.00. The van der Waals surface area contributed by atoms with Crippen LogP contribution in [0.5, 0.6) is 0 Å². The van der Waals surface area contributed by atoms with Gasteiger partial charge in [0.25, 0.3) is 0 Å². The molecule has 1 aliphatic heterocycles. The van der Waals surface area contributed by atoms with Crippen molar-refractivity contribution in [3.05, 3.63) is 35.9 Å². The van der Waals surface area contributed by atoms with Crippen LogP contribution in [0.3, 0.4) is 0 Å². The number of benzene rings is 1. The molecule has 1 aromatic rings. The molecule has 0 aromatic heterocycles. The molecule has 2 aliphatic rings. The van der Waals surface area contributed by atoms with Crippen LogP contribution in [0.2, 0.25) is 0 Å². The molecule has 2 N–H and O–H groups in total. The molecule has 3 nitrogen and oxygen atoms in total. The lowest BCUT2D eigenvalue weighted by molar-refractivity contribution is 0.0518. The fourth-order valence-electron chi connectivity index (χ4n) is 4.20. The maximum Gasteiger partial charge on any atom is 0.0623 e. The molecule has 1 aromatic carbocycles. The Balaban J connectivity index is 1.51. The molecule has 23 heavy (non-hydrogen) atoms. The highest BCUT2D eigenvalue weighted by Crippen LogP contribution is 2.30. The number of nitrogens with one attached hydrogen (secondary N) is 2. The SMILES string of the molecule is CC(C)(CNC1CCCC1C1COCCN1)Cc1ccccc1. The first-order valence-electron chi connectivity index (χ1n) is 9.22. The van der Waals surface area contributed by atoms with Gasteiger partial charge in [-0.2, -0.15) is 0 Å². The molecule has 1 aliphatic carbocycles. The van der Waals surface area contributed by atoms with Gasteiger partial charge in [-0.05, 0) is 36.2 Å². The van der Waals surface area contributed by atoms with E-state index >= 15 is 0 Å². The van der Waals surface area contributed by atoms with Crippen LogP contribution in [0, 0.1) is 11.3 Å². The van der Waals surface area contributed by atoms with E-state index < -0.39 is 0 Å². The molecule has 3 heteroatoms. The van der Waals surface area contributed by atoms with Crippen LogP contribution in [0.15, 0.2) is 30.3 Å². The van der Waals surface area contributed by atoms with Crippen molar-refractivity contribution >= 4 is 0 Å². The Morgan fingerprint density at radius 1 is 1.22 bits per heavy atom. The van der Waals surface area contributed by atoms with Crippen LogP contribution in [-0.2, 0) is 11.2 Å². The van der Waals surface area contributed by atoms with E-state index in [9.17, 15) is 0 Å². The summed E-state index contributed by atoms with van der Waals surface area (Å²) in [6, 6.07) is 12.0. The molecule has 0 spiro atoms. The fraction of sp³-hybridized carbons (Fsp3) is 0.700. The summed E-state index contributed by atoms with van der Waals surface area (Å²) in [5, 5.41) is 7.56. The third-order valence-electron chi connectivity index (χ3n) is 5.40. The van der Waals surface area contributed by atoms with Crippen LogP contribution in [0.4, 0.5) is 0 Å². The lowest BCUT2D eigenvalue weighted by atomic mass is 9.85. The van der Waals surface area contributed by atoms with Crippen molar-refractivity contribution in [2.45, 2.75) is 51.6 Å². The molecule has 3 rings (SSSR count). The Kier molecular flexibility index (Phi) is 5.73. The summed E-state index contributed by atoms with van der Waals surface area (Å²) < 4.78 is 5.68. The van der Waals surface area contributed by atoms with E-state index in [0.717, 1.165) is 38.6 Å². The highest BCUT2D eigenvalue weighted by molar-refractivity contribution is 5.16. The molecule has 128 valence electrons. The quantitative estimate of drug-likeness (QED) is 0.846. The first-order valence-corrected chi connectivity index (χ1v) is 9.22. The van der Waals surface area contributed by atoms with Gasteiger partial charge < -0.3 is 15.4 Å². The maximum absolute atomic E-state index is 5.68. The van der Waals surface area contributed by atoms with Crippen molar-refractivity contribution in [2.24, 2.45) is 11.3 Å². The van der Waals surface area contributed by atoms with E-state index in [1.807, 2.05) is 0 Å². The van der Waals surface area contributed by atoms with E-state index in [0.29, 0.717) is 12.1 Å². The second-order valence-corrected chi connectivity index (χ2v) is 8.04. The molecule has 1 saturated carbocycles. The molecule has 3 atom stereocenters. The lowest BCUT2D eigenvalue weighted by Crippen LogP contribution is -2.51. The monoisotopic (exact) mass is 316 g/mol. The third-order valence-corrected chi connectivity index (χ3v) is 5.40. The number of ether oxygens (including phenoxy) is 1. The molecular weight excluding hydrogens is 284 g/mol. The van der Waals surface area contributed by atoms with E-state index in [1.54, 1.807) is 0 Å². The molecule has 0 bridgehead atoms. The van der Waals surface area contributed by atoms with Gasteiger partial charge in [-0.1, -0.05) is 50.6 Å². The van der Waals surface area contributed by atoms with Crippen molar-refractivity contribution in [2.75, 3.05) is 26.3 Å². The van der Waals surface area contributed by atoms with E-state index in [1.165, 1.54) is 24.8 Å². The second-order valence-electron chi connectivity index (χ2n) is 8.04. The second kappa shape index (κ2) is 7.78. The van der Waals surface area contributed by atoms with Crippen LogP contribution < -0.4 is 10.6 Å². The number of hydrogen-bond acceptors (Lipinski definition) is 3. The van der Waals surface area contributed by atoms with Gasteiger partial charge in [-0.25, -0.2) is 0 Å². The minimum atomic E-state index is 0.283. The zero-order valence-electron chi connectivity index (χ0n) is 14.7. The molecule has 0 radical (unpaired) electrons. The number of rotatable bonds is 6. The van der Waals surface area contributed by atoms with Gasteiger partial charge in [0.15, 0.2) is 0 Å². The number of morpholine rings is 1. The minimum Gasteiger partial charge on any atom is -0.379 e. The summed E-state index contributed by atoms with van der Waals surface area (Å²) in [5.74, 6) is 0.725. The molecule has 2 fully saturated rings. The molecule has 1 saturated heterocycles. The zero-order valence-corrected chi connectivity index (χ0v) is 14.7. The predicted molar refractivity (Wildman–Crippen MR) is 95.7 cm³/mol. The molecule has 3 unspecified atom stereocenters. The summed E-state index contributed by atoms with van der Waals surface area (Å²) in [6.45, 7) is 8.59. The minimum absolute atomic E-state index is 0.283. The molecular formula is C20H32N2O. The largest absolute Gasteiger partial charge is 0.379 e. The fourth-order valence-corrected chi connectivity index (χ4v) is 4.20. The summed E-state index contributed by atoms with van der Waals surface area (Å²) in [6.07, 6.45) is 5.12. The number of hydrogen-bond donors (Lipinski definition) is 2. The van der Waals surface area contributed by atoms with Crippen molar-refractivity contribution in [1.82, 2.24) is 10.6 Å². The Bertz CT molecular complexity index is 468. The highest BCUT2D eigenvalue weighted by Gasteiger charge is 2.35. The summed E-state index contributed by atoms with van der Waals surface area (Å²) in [4.78, 5) is 0. The van der Waals surface area contributed by atoms with Crippen LogP contribution in [0.1, 0.15) is 38.7 Å². The Hall–Kier alpha value is -0.900. The average Bonchev–Trinajstić information content (AvgIpc) is 3.03. The van der Waals surface area contributed by atoms with E-state index in [-0.39, 0.29) is 5.41 Å². The van der Waals surface area contributed by atoms with Crippen LogP contribution >= 0.6 is 0 Å². The van der Waals surface area contributed by atoms with Gasteiger partial charge in [0.1, 0.15) is 0 Å². The third kappa shape index (κ3) is 4.79. The van der Waals surface area contributed by atoms with Gasteiger partial charge in [0.2, 0.25) is 0 Å². The highest BCUT2D eigenvalue weighted by atomic mass is 16.5. The first-order chi connectivity index (χ1) is 11.1. The normalized spacial score (nSPS) is 28.9. The zero-order chi connectivity index (χ0) is 16.1. The van der Waals surface area contributed by atoms with Gasteiger partial charge in [-0.3, -0.25) is 0 Å². The van der Waals surface area contributed by atoms with Gasteiger partial charge >= 0.3 is 0 Å². The van der Waals surface area contributed by atoms with Crippen molar-refractivity contribution < 1.29 is 4.74 Å². The van der Waals surface area contributed by atoms with Gasteiger partial charge in [-0.15, -0.1) is 0 Å². The maximum atomic E-state index is 5.68. The summed E-state index contributed by atoms with van der Waals surface area (Å²) >= 11 is 0. The lowest BCUT2D eigenvalue weighted by Gasteiger charge is -2.35. The van der Waals surface area contributed by atoms with Gasteiger partial charge in [0, 0.05) is 25.2 Å².